The molecular weight excluding hydrogens is 388 g/mol. The lowest BCUT2D eigenvalue weighted by molar-refractivity contribution is -0.188. The predicted octanol–water partition coefficient (Wildman–Crippen LogP) is 2.71. The lowest BCUT2D eigenvalue weighted by Crippen LogP contribution is -2.57. The second-order valence-electron chi connectivity index (χ2n) is 9.34. The Morgan fingerprint density at radius 1 is 1.20 bits per heavy atom. The zero-order valence-electron chi connectivity index (χ0n) is 18.6. The van der Waals surface area contributed by atoms with Gasteiger partial charge >= 0.3 is 17.9 Å². The molecule has 166 valence electrons. The minimum Gasteiger partial charge on any atom is -0.461 e. The number of carbonyl (C=O) groups excluding carboxylic acids is 3. The number of esters is 3. The van der Waals surface area contributed by atoms with E-state index in [2.05, 4.69) is 6.58 Å². The molecule has 0 spiro atoms. The number of hydrogen-bond acceptors (Lipinski definition) is 7. The van der Waals surface area contributed by atoms with Crippen LogP contribution < -0.4 is 0 Å². The normalized spacial score (nSPS) is 43.4. The molecule has 1 saturated heterocycles. The Bertz CT molecular complexity index is 814. The van der Waals surface area contributed by atoms with E-state index in [1.807, 2.05) is 20.8 Å². The molecule has 2 aliphatic carbocycles. The number of aliphatic hydroxyl groups is 1. The molecule has 3 fully saturated rings. The van der Waals surface area contributed by atoms with Crippen LogP contribution in [-0.4, -0.2) is 47.4 Å². The molecule has 1 heterocycles. The van der Waals surface area contributed by atoms with Crippen LogP contribution in [0.3, 0.4) is 0 Å². The molecule has 0 aromatic carbocycles. The molecule has 3 rings (SSSR count). The highest BCUT2D eigenvalue weighted by atomic mass is 16.6. The minimum atomic E-state index is -0.961. The van der Waals surface area contributed by atoms with Crippen molar-refractivity contribution in [2.45, 2.75) is 78.8 Å². The van der Waals surface area contributed by atoms with E-state index in [1.54, 1.807) is 19.9 Å². The van der Waals surface area contributed by atoms with Crippen molar-refractivity contribution >= 4 is 17.9 Å². The summed E-state index contributed by atoms with van der Waals surface area (Å²) in [7, 11) is 0. The van der Waals surface area contributed by atoms with Crippen LogP contribution in [0.2, 0.25) is 0 Å². The number of carbonyl (C=O) groups is 3. The zero-order valence-corrected chi connectivity index (χ0v) is 18.6. The molecule has 0 amide bonds. The van der Waals surface area contributed by atoms with Crippen molar-refractivity contribution in [1.82, 2.24) is 0 Å². The molecule has 0 aromatic rings. The van der Waals surface area contributed by atoms with E-state index in [9.17, 15) is 19.5 Å². The Kier molecular flexibility index (Phi) is 5.65. The summed E-state index contributed by atoms with van der Waals surface area (Å²) in [6, 6.07) is 0. The van der Waals surface area contributed by atoms with Gasteiger partial charge in [-0.3, -0.25) is 4.79 Å². The third kappa shape index (κ3) is 3.01. The van der Waals surface area contributed by atoms with Gasteiger partial charge in [0.25, 0.3) is 0 Å². The molecule has 0 aromatic heterocycles. The fourth-order valence-corrected chi connectivity index (χ4v) is 5.82. The molecule has 1 N–H and O–H groups in total. The average Bonchev–Trinajstić information content (AvgIpc) is 3.03. The molecule has 7 nitrogen and oxygen atoms in total. The van der Waals surface area contributed by atoms with E-state index < -0.39 is 59.1 Å². The summed E-state index contributed by atoms with van der Waals surface area (Å²) < 4.78 is 17.3. The molecule has 8 unspecified atom stereocenters. The Morgan fingerprint density at radius 3 is 2.40 bits per heavy atom. The highest BCUT2D eigenvalue weighted by molar-refractivity contribution is 5.91. The molecule has 7 heteroatoms. The zero-order chi connectivity index (χ0) is 22.6. The van der Waals surface area contributed by atoms with E-state index >= 15 is 0 Å². The summed E-state index contributed by atoms with van der Waals surface area (Å²) in [4.78, 5) is 37.1. The minimum absolute atomic E-state index is 0.101. The molecule has 1 aliphatic heterocycles. The first-order chi connectivity index (χ1) is 13.9. The first-order valence-electron chi connectivity index (χ1n) is 10.5. The number of fused-ring (bicyclic) bond motifs is 2. The Labute approximate surface area is 177 Å². The van der Waals surface area contributed by atoms with Crippen LogP contribution in [0.15, 0.2) is 23.8 Å². The van der Waals surface area contributed by atoms with Crippen LogP contribution in [0.4, 0.5) is 0 Å². The van der Waals surface area contributed by atoms with E-state index in [1.165, 1.54) is 6.92 Å². The van der Waals surface area contributed by atoms with Crippen molar-refractivity contribution in [3.63, 3.8) is 0 Å². The number of aliphatic hydroxyl groups excluding tert-OH is 1. The van der Waals surface area contributed by atoms with Gasteiger partial charge in [-0.05, 0) is 26.2 Å². The third-order valence-corrected chi connectivity index (χ3v) is 8.11. The molecule has 3 aliphatic rings. The molecule has 8 atom stereocenters. The maximum Gasteiger partial charge on any atom is 0.334 e. The van der Waals surface area contributed by atoms with Gasteiger partial charge in [0.15, 0.2) is 0 Å². The number of allylic oxidation sites excluding steroid dienone is 1. The van der Waals surface area contributed by atoms with Crippen LogP contribution >= 0.6 is 0 Å². The fraction of sp³-hybridized carbons (Fsp3) is 0.696. The number of ether oxygens (including phenoxy) is 3. The Balaban J connectivity index is 2.17. The van der Waals surface area contributed by atoms with Crippen LogP contribution in [0.1, 0.15) is 54.4 Å². The second-order valence-corrected chi connectivity index (χ2v) is 9.34. The van der Waals surface area contributed by atoms with Gasteiger partial charge in [0.05, 0.1) is 17.4 Å². The van der Waals surface area contributed by atoms with Crippen LogP contribution in [0.25, 0.3) is 0 Å². The van der Waals surface area contributed by atoms with E-state index in [4.69, 9.17) is 14.2 Å². The van der Waals surface area contributed by atoms with Gasteiger partial charge in [-0.1, -0.05) is 33.4 Å². The predicted molar refractivity (Wildman–Crippen MR) is 108 cm³/mol. The second kappa shape index (κ2) is 7.52. The van der Waals surface area contributed by atoms with Gasteiger partial charge in [0.2, 0.25) is 0 Å². The molecule has 0 bridgehead atoms. The van der Waals surface area contributed by atoms with Gasteiger partial charge in [0, 0.05) is 29.9 Å². The first-order valence-corrected chi connectivity index (χ1v) is 10.5. The lowest BCUT2D eigenvalue weighted by Gasteiger charge is -2.50. The Morgan fingerprint density at radius 2 is 1.83 bits per heavy atom. The van der Waals surface area contributed by atoms with E-state index in [0.29, 0.717) is 12.0 Å². The molecule has 0 radical (unpaired) electrons. The summed E-state index contributed by atoms with van der Waals surface area (Å²) >= 11 is 0. The van der Waals surface area contributed by atoms with Gasteiger partial charge in [-0.25, -0.2) is 9.59 Å². The summed E-state index contributed by atoms with van der Waals surface area (Å²) in [6.45, 7) is 14.4. The summed E-state index contributed by atoms with van der Waals surface area (Å²) in [5.74, 6) is -2.16. The lowest BCUT2D eigenvalue weighted by atomic mass is 9.57. The smallest absolute Gasteiger partial charge is 0.334 e. The van der Waals surface area contributed by atoms with Crippen molar-refractivity contribution in [2.75, 3.05) is 0 Å². The van der Waals surface area contributed by atoms with Crippen molar-refractivity contribution in [3.8, 4) is 0 Å². The van der Waals surface area contributed by atoms with Gasteiger partial charge in [-0.2, -0.15) is 0 Å². The molecule has 2 saturated carbocycles. The molecular formula is C23H32O7. The van der Waals surface area contributed by atoms with Crippen molar-refractivity contribution in [2.24, 2.45) is 22.7 Å². The first kappa shape index (κ1) is 22.5. The topological polar surface area (TPSA) is 99.1 Å². The highest BCUT2D eigenvalue weighted by Crippen LogP contribution is 2.65. The highest BCUT2D eigenvalue weighted by Gasteiger charge is 2.72. The van der Waals surface area contributed by atoms with Crippen molar-refractivity contribution in [3.05, 3.63) is 23.8 Å². The quantitative estimate of drug-likeness (QED) is 0.426. The van der Waals surface area contributed by atoms with Crippen LogP contribution in [0.5, 0.6) is 0 Å². The Hall–Kier alpha value is -2.15. The summed E-state index contributed by atoms with van der Waals surface area (Å²) in [6.07, 6.45) is -0.479. The van der Waals surface area contributed by atoms with Crippen molar-refractivity contribution in [1.29, 1.82) is 0 Å². The van der Waals surface area contributed by atoms with Crippen LogP contribution in [0, 0.1) is 22.7 Å². The maximum atomic E-state index is 12.6. The maximum absolute atomic E-state index is 12.6. The number of rotatable bonds is 3. The van der Waals surface area contributed by atoms with Gasteiger partial charge in [0.1, 0.15) is 18.3 Å². The van der Waals surface area contributed by atoms with Crippen molar-refractivity contribution < 1.29 is 33.7 Å². The monoisotopic (exact) mass is 420 g/mol. The summed E-state index contributed by atoms with van der Waals surface area (Å²) in [5, 5.41) is 11.2. The fourth-order valence-electron chi connectivity index (χ4n) is 5.82. The average molecular weight is 421 g/mol. The summed E-state index contributed by atoms with van der Waals surface area (Å²) in [5.41, 5.74) is -1.01. The standard InChI is InChI=1S/C23H32O7/c1-8-11(2)20(26)30-17-10-16(25)22(6)12(3)9-15-18(13(4)21(27)29-15)19(23(17,22)7)28-14(5)24/h8,12,15-19,25H,4,9-10H2,1-3,5-7H3. The molecule has 30 heavy (non-hydrogen) atoms. The van der Waals surface area contributed by atoms with Gasteiger partial charge < -0.3 is 19.3 Å². The van der Waals surface area contributed by atoms with E-state index in [0.717, 1.165) is 0 Å². The van der Waals surface area contributed by atoms with E-state index in [-0.39, 0.29) is 17.9 Å². The number of hydrogen-bond donors (Lipinski definition) is 1. The third-order valence-electron chi connectivity index (χ3n) is 8.11. The largest absolute Gasteiger partial charge is 0.461 e. The van der Waals surface area contributed by atoms with Crippen LogP contribution in [-0.2, 0) is 28.6 Å². The van der Waals surface area contributed by atoms with Gasteiger partial charge in [-0.15, -0.1) is 0 Å². The SMILES string of the molecule is C=C1C(=O)OC2CC(C)C3(C)C(O)CC(OC(=O)C(C)=CC)C3(C)C(OC(C)=O)C12.